The quantitative estimate of drug-likeness (QED) is 0.892. The molecular weight excluding hydrogens is 336 g/mol. The molecule has 2 heterocycles. The zero-order valence-electron chi connectivity index (χ0n) is 14.6. The van der Waals surface area contributed by atoms with Crippen molar-refractivity contribution in [1.29, 1.82) is 5.26 Å². The molecule has 1 aliphatic rings. The molecule has 26 heavy (non-hydrogen) atoms. The van der Waals surface area contributed by atoms with Gasteiger partial charge >= 0.3 is 0 Å². The lowest BCUT2D eigenvalue weighted by Gasteiger charge is -2.36. The summed E-state index contributed by atoms with van der Waals surface area (Å²) < 4.78 is 28.0. The van der Waals surface area contributed by atoms with Crippen LogP contribution in [0.1, 0.15) is 12.5 Å². The molecule has 1 saturated heterocycles. The summed E-state index contributed by atoms with van der Waals surface area (Å²) in [6, 6.07) is 9.57. The van der Waals surface area contributed by atoms with E-state index in [-0.39, 0.29) is 17.3 Å². The third-order valence-electron chi connectivity index (χ3n) is 4.44. The number of nitriles is 1. The SMILES string of the molecule is CC(CN1CCN(c2ccccn2)CC1)Nc1c(F)cc(C#N)cc1F. The zero-order chi connectivity index (χ0) is 18.5. The second-order valence-corrected chi connectivity index (χ2v) is 6.45. The van der Waals surface area contributed by atoms with Gasteiger partial charge in [-0.25, -0.2) is 13.8 Å². The maximum atomic E-state index is 14.0. The third kappa shape index (κ3) is 4.27. The Morgan fingerprint density at radius 1 is 1.19 bits per heavy atom. The first-order valence-electron chi connectivity index (χ1n) is 8.61. The van der Waals surface area contributed by atoms with Gasteiger partial charge in [0.1, 0.15) is 11.5 Å². The molecule has 0 radical (unpaired) electrons. The van der Waals surface area contributed by atoms with Crippen LogP contribution in [0.15, 0.2) is 36.5 Å². The highest BCUT2D eigenvalue weighted by atomic mass is 19.1. The van der Waals surface area contributed by atoms with Gasteiger partial charge in [-0.05, 0) is 31.2 Å². The number of nitrogens with one attached hydrogen (secondary N) is 1. The Balaban J connectivity index is 1.54. The number of hydrogen-bond acceptors (Lipinski definition) is 5. The second kappa shape index (κ2) is 8.11. The van der Waals surface area contributed by atoms with Crippen LogP contribution < -0.4 is 10.2 Å². The maximum absolute atomic E-state index is 14.0. The van der Waals surface area contributed by atoms with Crippen molar-refractivity contribution in [2.75, 3.05) is 42.9 Å². The van der Waals surface area contributed by atoms with Gasteiger partial charge < -0.3 is 10.2 Å². The Labute approximate surface area is 151 Å². The molecule has 1 atom stereocenters. The fourth-order valence-corrected chi connectivity index (χ4v) is 3.16. The number of benzene rings is 1. The number of hydrogen-bond donors (Lipinski definition) is 1. The summed E-state index contributed by atoms with van der Waals surface area (Å²) in [5.41, 5.74) is -0.201. The van der Waals surface area contributed by atoms with E-state index >= 15 is 0 Å². The lowest BCUT2D eigenvalue weighted by Crippen LogP contribution is -2.49. The first-order chi connectivity index (χ1) is 12.6. The first kappa shape index (κ1) is 18.1. The molecule has 1 unspecified atom stereocenters. The van der Waals surface area contributed by atoms with Crippen LogP contribution in [0.25, 0.3) is 0 Å². The maximum Gasteiger partial charge on any atom is 0.150 e. The zero-order valence-corrected chi connectivity index (χ0v) is 14.6. The minimum atomic E-state index is -0.742. The highest BCUT2D eigenvalue weighted by Gasteiger charge is 2.20. The van der Waals surface area contributed by atoms with Gasteiger partial charge in [-0.1, -0.05) is 6.07 Å². The molecule has 1 fully saturated rings. The number of halogens is 2. The molecular formula is C19H21F2N5. The molecule has 3 rings (SSSR count). The number of rotatable bonds is 5. The van der Waals surface area contributed by atoms with E-state index in [1.165, 1.54) is 0 Å². The molecule has 1 aromatic carbocycles. The van der Waals surface area contributed by atoms with E-state index in [1.54, 1.807) is 12.3 Å². The highest BCUT2D eigenvalue weighted by molar-refractivity contribution is 5.51. The minimum Gasteiger partial charge on any atom is -0.377 e. The van der Waals surface area contributed by atoms with Crippen LogP contribution in [0.4, 0.5) is 20.3 Å². The Hall–Kier alpha value is -2.72. The molecule has 1 aliphatic heterocycles. The van der Waals surface area contributed by atoms with E-state index in [0.717, 1.165) is 44.1 Å². The fourth-order valence-electron chi connectivity index (χ4n) is 3.16. The van der Waals surface area contributed by atoms with Crippen LogP contribution >= 0.6 is 0 Å². The largest absolute Gasteiger partial charge is 0.377 e. The Kier molecular flexibility index (Phi) is 5.64. The van der Waals surface area contributed by atoms with Crippen molar-refractivity contribution >= 4 is 11.5 Å². The lowest BCUT2D eigenvalue weighted by molar-refractivity contribution is 0.250. The van der Waals surface area contributed by atoms with E-state index in [4.69, 9.17) is 5.26 Å². The second-order valence-electron chi connectivity index (χ2n) is 6.45. The summed E-state index contributed by atoms with van der Waals surface area (Å²) in [5.74, 6) is -0.512. The molecule has 0 saturated carbocycles. The van der Waals surface area contributed by atoms with E-state index < -0.39 is 11.6 Å². The summed E-state index contributed by atoms with van der Waals surface area (Å²) in [5, 5.41) is 11.7. The predicted molar refractivity (Wildman–Crippen MR) is 97.0 cm³/mol. The normalized spacial score (nSPS) is 16.2. The number of nitrogens with zero attached hydrogens (tertiary/aromatic N) is 4. The number of pyridine rings is 1. The van der Waals surface area contributed by atoms with Gasteiger partial charge in [0.25, 0.3) is 0 Å². The summed E-state index contributed by atoms with van der Waals surface area (Å²) in [7, 11) is 0. The molecule has 7 heteroatoms. The van der Waals surface area contributed by atoms with Gasteiger partial charge in [0.05, 0.1) is 11.6 Å². The third-order valence-corrected chi connectivity index (χ3v) is 4.44. The summed E-state index contributed by atoms with van der Waals surface area (Å²) in [6.45, 7) is 6.02. The molecule has 5 nitrogen and oxygen atoms in total. The van der Waals surface area contributed by atoms with E-state index in [9.17, 15) is 8.78 Å². The molecule has 2 aromatic rings. The Bertz CT molecular complexity index is 759. The molecule has 136 valence electrons. The molecule has 0 aliphatic carbocycles. The molecule has 0 bridgehead atoms. The first-order valence-corrected chi connectivity index (χ1v) is 8.61. The van der Waals surface area contributed by atoms with Crippen molar-refractivity contribution in [3.05, 3.63) is 53.7 Å². The standard InChI is InChI=1S/C19H21F2N5/c1-14(24-19-16(20)10-15(12-22)11-17(19)21)13-25-6-8-26(9-7-25)18-4-2-3-5-23-18/h2-5,10-11,14,24H,6-9,13H2,1H3. The van der Waals surface area contributed by atoms with Gasteiger partial charge in [-0.2, -0.15) is 5.26 Å². The van der Waals surface area contributed by atoms with Crippen LogP contribution in [0.5, 0.6) is 0 Å². The van der Waals surface area contributed by atoms with Crippen molar-refractivity contribution in [2.45, 2.75) is 13.0 Å². The molecule has 1 aromatic heterocycles. The molecule has 0 spiro atoms. The van der Waals surface area contributed by atoms with Crippen molar-refractivity contribution in [2.24, 2.45) is 0 Å². The van der Waals surface area contributed by atoms with E-state index in [0.29, 0.717) is 6.54 Å². The van der Waals surface area contributed by atoms with Crippen molar-refractivity contribution in [1.82, 2.24) is 9.88 Å². The summed E-state index contributed by atoms with van der Waals surface area (Å²) >= 11 is 0. The van der Waals surface area contributed by atoms with Crippen LogP contribution in [-0.2, 0) is 0 Å². The number of anilines is 2. The summed E-state index contributed by atoms with van der Waals surface area (Å²) in [4.78, 5) is 8.86. The lowest BCUT2D eigenvalue weighted by atomic mass is 10.1. The highest BCUT2D eigenvalue weighted by Crippen LogP contribution is 2.22. The number of aromatic nitrogens is 1. The van der Waals surface area contributed by atoms with Crippen molar-refractivity contribution in [3.63, 3.8) is 0 Å². The van der Waals surface area contributed by atoms with Crippen molar-refractivity contribution in [3.8, 4) is 6.07 Å². The minimum absolute atomic E-state index is 0.0242. The monoisotopic (exact) mass is 357 g/mol. The number of piperazine rings is 1. The molecule has 1 N–H and O–H groups in total. The Morgan fingerprint density at radius 2 is 1.88 bits per heavy atom. The molecule has 0 amide bonds. The predicted octanol–water partition coefficient (Wildman–Crippen LogP) is 2.85. The smallest absolute Gasteiger partial charge is 0.150 e. The van der Waals surface area contributed by atoms with Crippen LogP contribution in [-0.4, -0.2) is 48.6 Å². The van der Waals surface area contributed by atoms with E-state index in [2.05, 4.69) is 20.1 Å². The Morgan fingerprint density at radius 3 is 2.46 bits per heavy atom. The van der Waals surface area contributed by atoms with Gasteiger partial charge in [-0.3, -0.25) is 4.90 Å². The fraction of sp³-hybridized carbons (Fsp3) is 0.368. The van der Waals surface area contributed by atoms with Crippen LogP contribution in [0, 0.1) is 23.0 Å². The van der Waals surface area contributed by atoms with Crippen molar-refractivity contribution < 1.29 is 8.78 Å². The topological polar surface area (TPSA) is 55.2 Å². The average Bonchev–Trinajstić information content (AvgIpc) is 2.66. The average molecular weight is 357 g/mol. The summed E-state index contributed by atoms with van der Waals surface area (Å²) in [6.07, 6.45) is 1.79. The van der Waals surface area contributed by atoms with Gasteiger partial charge in [0, 0.05) is 45.0 Å². The van der Waals surface area contributed by atoms with Crippen LogP contribution in [0.3, 0.4) is 0 Å². The van der Waals surface area contributed by atoms with E-state index in [1.807, 2.05) is 25.1 Å². The van der Waals surface area contributed by atoms with Gasteiger partial charge in [-0.15, -0.1) is 0 Å². The van der Waals surface area contributed by atoms with Crippen LogP contribution in [0.2, 0.25) is 0 Å². The van der Waals surface area contributed by atoms with Gasteiger partial charge in [0.15, 0.2) is 11.6 Å². The van der Waals surface area contributed by atoms with Gasteiger partial charge in [0.2, 0.25) is 0 Å².